The molecule has 6 heteroatoms. The van der Waals surface area contributed by atoms with Crippen LogP contribution in [0.3, 0.4) is 0 Å². The van der Waals surface area contributed by atoms with E-state index in [4.69, 9.17) is 17.3 Å². The van der Waals surface area contributed by atoms with Gasteiger partial charge in [0.15, 0.2) is 0 Å². The number of hydrogen-bond acceptors (Lipinski definition) is 3. The van der Waals surface area contributed by atoms with E-state index in [2.05, 4.69) is 5.32 Å². The van der Waals surface area contributed by atoms with Gasteiger partial charge >= 0.3 is 0 Å². The Morgan fingerprint density at radius 1 is 1.39 bits per heavy atom. The Kier molecular flexibility index (Phi) is 3.92. The smallest absolute Gasteiger partial charge is 0.251 e. The van der Waals surface area contributed by atoms with E-state index in [0.29, 0.717) is 10.6 Å². The fourth-order valence-electron chi connectivity index (χ4n) is 2.13. The number of aryl methyl sites for hydroxylation is 1. The van der Waals surface area contributed by atoms with Crippen molar-refractivity contribution in [3.63, 3.8) is 0 Å². The molecule has 3 N–H and O–H groups in total. The summed E-state index contributed by atoms with van der Waals surface area (Å²) in [6.07, 6.45) is 3.98. The zero-order valence-electron chi connectivity index (χ0n) is 10.1. The summed E-state index contributed by atoms with van der Waals surface area (Å²) in [4.78, 5) is 24.3. The van der Waals surface area contributed by atoms with Crippen LogP contribution < -0.4 is 11.1 Å². The summed E-state index contributed by atoms with van der Waals surface area (Å²) in [6.45, 7) is 1.59. The van der Waals surface area contributed by atoms with E-state index in [-0.39, 0.29) is 5.91 Å². The molecule has 0 aliphatic heterocycles. The van der Waals surface area contributed by atoms with Crippen molar-refractivity contribution in [3.8, 4) is 0 Å². The minimum atomic E-state index is -0.634. The number of halogens is 1. The number of primary amides is 1. The SMILES string of the molecule is CC(Cl)C(=O)Nc1sc2c(c1C(N)=O)CCCC2. The molecule has 18 heavy (non-hydrogen) atoms. The molecule has 4 nitrogen and oxygen atoms in total. The van der Waals surface area contributed by atoms with Crippen LogP contribution in [0.5, 0.6) is 0 Å². The van der Waals surface area contributed by atoms with Gasteiger partial charge in [0, 0.05) is 4.88 Å². The highest BCUT2D eigenvalue weighted by atomic mass is 35.5. The van der Waals surface area contributed by atoms with Gasteiger partial charge in [-0.05, 0) is 38.2 Å². The van der Waals surface area contributed by atoms with Gasteiger partial charge in [-0.2, -0.15) is 0 Å². The molecule has 0 fully saturated rings. The number of amides is 2. The number of thiophene rings is 1. The molecule has 0 radical (unpaired) electrons. The maximum Gasteiger partial charge on any atom is 0.251 e. The second-order valence-corrected chi connectivity index (χ2v) is 6.14. The molecule has 2 rings (SSSR count). The third-order valence-corrected chi connectivity index (χ3v) is 4.42. The first-order valence-corrected chi connectivity index (χ1v) is 7.15. The molecule has 1 heterocycles. The van der Waals surface area contributed by atoms with Crippen molar-refractivity contribution in [1.82, 2.24) is 0 Å². The lowest BCUT2D eigenvalue weighted by Gasteiger charge is -2.11. The highest BCUT2D eigenvalue weighted by Gasteiger charge is 2.25. The quantitative estimate of drug-likeness (QED) is 0.837. The van der Waals surface area contributed by atoms with Gasteiger partial charge < -0.3 is 11.1 Å². The van der Waals surface area contributed by atoms with Gasteiger partial charge in [0.1, 0.15) is 10.4 Å². The van der Waals surface area contributed by atoms with Crippen LogP contribution in [0, 0.1) is 0 Å². The third kappa shape index (κ3) is 2.52. The van der Waals surface area contributed by atoms with E-state index in [1.807, 2.05) is 0 Å². The van der Waals surface area contributed by atoms with Crippen LogP contribution in [0.1, 0.15) is 40.6 Å². The van der Waals surface area contributed by atoms with E-state index in [9.17, 15) is 9.59 Å². The predicted molar refractivity (Wildman–Crippen MR) is 73.4 cm³/mol. The molecule has 2 amide bonds. The van der Waals surface area contributed by atoms with Gasteiger partial charge in [-0.1, -0.05) is 0 Å². The van der Waals surface area contributed by atoms with E-state index < -0.39 is 11.3 Å². The van der Waals surface area contributed by atoms with Gasteiger partial charge in [-0.25, -0.2) is 0 Å². The van der Waals surface area contributed by atoms with Crippen molar-refractivity contribution < 1.29 is 9.59 Å². The van der Waals surface area contributed by atoms with Crippen molar-refractivity contribution in [2.45, 2.75) is 38.0 Å². The molecular weight excluding hydrogens is 272 g/mol. The van der Waals surface area contributed by atoms with Crippen molar-refractivity contribution in [3.05, 3.63) is 16.0 Å². The summed E-state index contributed by atoms with van der Waals surface area (Å²) >= 11 is 7.16. The van der Waals surface area contributed by atoms with Crippen molar-refractivity contribution in [2.24, 2.45) is 5.73 Å². The number of fused-ring (bicyclic) bond motifs is 1. The van der Waals surface area contributed by atoms with Crippen LogP contribution in [-0.4, -0.2) is 17.2 Å². The van der Waals surface area contributed by atoms with Crippen LogP contribution >= 0.6 is 22.9 Å². The first-order chi connectivity index (χ1) is 8.50. The first kappa shape index (κ1) is 13.4. The highest BCUT2D eigenvalue weighted by molar-refractivity contribution is 7.17. The normalized spacial score (nSPS) is 15.9. The summed E-state index contributed by atoms with van der Waals surface area (Å²) in [6, 6.07) is 0. The molecule has 0 bridgehead atoms. The van der Waals surface area contributed by atoms with Gasteiger partial charge in [-0.15, -0.1) is 22.9 Å². The zero-order valence-corrected chi connectivity index (χ0v) is 11.7. The molecule has 1 aromatic rings. The van der Waals surface area contributed by atoms with E-state index in [1.165, 1.54) is 11.3 Å². The standard InChI is InChI=1S/C12H15ClN2O2S/c1-6(13)11(17)15-12-9(10(14)16)7-4-2-3-5-8(7)18-12/h6H,2-5H2,1H3,(H2,14,16)(H,15,17). The minimum Gasteiger partial charge on any atom is -0.365 e. The van der Waals surface area contributed by atoms with Crippen LogP contribution in [0.25, 0.3) is 0 Å². The molecule has 1 unspecified atom stereocenters. The number of rotatable bonds is 3. The summed E-state index contributed by atoms with van der Waals surface area (Å²) < 4.78 is 0. The van der Waals surface area contributed by atoms with Crippen LogP contribution in [0.15, 0.2) is 0 Å². The second-order valence-electron chi connectivity index (χ2n) is 4.38. The lowest BCUT2D eigenvalue weighted by molar-refractivity contribution is -0.115. The summed E-state index contributed by atoms with van der Waals surface area (Å²) in [7, 11) is 0. The summed E-state index contributed by atoms with van der Waals surface area (Å²) in [5.41, 5.74) is 6.90. The van der Waals surface area contributed by atoms with Gasteiger partial charge in [0.05, 0.1) is 5.56 Å². The molecule has 1 aliphatic carbocycles. The Bertz CT molecular complexity index is 497. The average molecular weight is 287 g/mol. The maximum atomic E-state index is 11.6. The molecule has 0 aromatic carbocycles. The maximum absolute atomic E-state index is 11.6. The lowest BCUT2D eigenvalue weighted by atomic mass is 9.95. The minimum absolute atomic E-state index is 0.308. The summed E-state index contributed by atoms with van der Waals surface area (Å²) in [5.74, 6) is -0.787. The molecule has 1 aromatic heterocycles. The number of alkyl halides is 1. The highest BCUT2D eigenvalue weighted by Crippen LogP contribution is 2.37. The first-order valence-electron chi connectivity index (χ1n) is 5.90. The fraction of sp³-hybridized carbons (Fsp3) is 0.500. The Balaban J connectivity index is 2.37. The van der Waals surface area contributed by atoms with E-state index in [1.54, 1.807) is 6.92 Å². The largest absolute Gasteiger partial charge is 0.365 e. The number of carbonyl (C=O) groups excluding carboxylic acids is 2. The predicted octanol–water partition coefficient (Wildman–Crippen LogP) is 2.29. The molecule has 98 valence electrons. The van der Waals surface area contributed by atoms with Crippen LogP contribution in [0.4, 0.5) is 5.00 Å². The Morgan fingerprint density at radius 2 is 2.06 bits per heavy atom. The lowest BCUT2D eigenvalue weighted by Crippen LogP contribution is -2.22. The number of carbonyl (C=O) groups is 2. The molecule has 0 spiro atoms. The van der Waals surface area contributed by atoms with Crippen molar-refractivity contribution in [2.75, 3.05) is 5.32 Å². The Hall–Kier alpha value is -1.07. The monoisotopic (exact) mass is 286 g/mol. The van der Waals surface area contributed by atoms with Crippen molar-refractivity contribution in [1.29, 1.82) is 0 Å². The van der Waals surface area contributed by atoms with Crippen LogP contribution in [0.2, 0.25) is 0 Å². The average Bonchev–Trinajstić information content (AvgIpc) is 2.66. The topological polar surface area (TPSA) is 72.2 Å². The Morgan fingerprint density at radius 3 is 2.67 bits per heavy atom. The van der Waals surface area contributed by atoms with E-state index >= 15 is 0 Å². The molecule has 0 saturated carbocycles. The van der Waals surface area contributed by atoms with Gasteiger partial charge in [0.2, 0.25) is 5.91 Å². The van der Waals surface area contributed by atoms with Gasteiger partial charge in [0.25, 0.3) is 5.91 Å². The van der Waals surface area contributed by atoms with Gasteiger partial charge in [-0.3, -0.25) is 9.59 Å². The molecular formula is C12H15ClN2O2S. The molecule has 1 atom stereocenters. The summed E-state index contributed by atoms with van der Waals surface area (Å²) in [5, 5.41) is 2.61. The van der Waals surface area contributed by atoms with Crippen molar-refractivity contribution >= 4 is 39.8 Å². The number of nitrogens with one attached hydrogen (secondary N) is 1. The molecule has 1 aliphatic rings. The fourth-order valence-corrected chi connectivity index (χ4v) is 3.48. The Labute approximate surface area is 115 Å². The second kappa shape index (κ2) is 5.28. The number of nitrogens with two attached hydrogens (primary N) is 1. The number of anilines is 1. The zero-order chi connectivity index (χ0) is 13.3. The molecule has 0 saturated heterocycles. The third-order valence-electron chi connectivity index (χ3n) is 3.02. The van der Waals surface area contributed by atoms with Crippen LogP contribution in [-0.2, 0) is 17.6 Å². The number of hydrogen-bond donors (Lipinski definition) is 2. The van der Waals surface area contributed by atoms with E-state index in [0.717, 1.165) is 36.1 Å².